The van der Waals surface area contributed by atoms with Crippen molar-refractivity contribution in [2.45, 2.75) is 18.9 Å². The summed E-state index contributed by atoms with van der Waals surface area (Å²) in [6, 6.07) is 14.1. The number of hydrogen-bond acceptors (Lipinski definition) is 4. The monoisotopic (exact) mass is 349 g/mol. The van der Waals surface area contributed by atoms with E-state index >= 15 is 0 Å². The van der Waals surface area contributed by atoms with Gasteiger partial charge in [-0.2, -0.15) is 14.9 Å². The Morgan fingerprint density at radius 3 is 2.69 bits per heavy atom. The summed E-state index contributed by atoms with van der Waals surface area (Å²) in [7, 11) is 0. The SMILES string of the molecule is O=C(c1ccc(=O)n(-c2ccccc2)n1)N1CCC[C@@H](n2cccn2)C1. The molecule has 1 aromatic carbocycles. The van der Waals surface area contributed by atoms with Gasteiger partial charge in [0.15, 0.2) is 0 Å². The molecule has 7 nitrogen and oxygen atoms in total. The average molecular weight is 349 g/mol. The van der Waals surface area contributed by atoms with Crippen LogP contribution in [0.5, 0.6) is 0 Å². The van der Waals surface area contributed by atoms with Gasteiger partial charge in [-0.1, -0.05) is 18.2 Å². The third-order valence-corrected chi connectivity index (χ3v) is 4.60. The summed E-state index contributed by atoms with van der Waals surface area (Å²) in [5.74, 6) is -0.161. The number of aromatic nitrogens is 4. The number of amides is 1. The van der Waals surface area contributed by atoms with Crippen LogP contribution in [-0.2, 0) is 0 Å². The smallest absolute Gasteiger partial charge is 0.274 e. The van der Waals surface area contributed by atoms with Gasteiger partial charge in [-0.05, 0) is 37.1 Å². The predicted octanol–water partition coefficient (Wildman–Crippen LogP) is 1.91. The second-order valence-electron chi connectivity index (χ2n) is 6.34. The van der Waals surface area contributed by atoms with Crippen molar-refractivity contribution in [3.63, 3.8) is 0 Å². The number of carbonyl (C=O) groups excluding carboxylic acids is 1. The molecule has 0 radical (unpaired) electrons. The molecule has 0 N–H and O–H groups in total. The predicted molar refractivity (Wildman–Crippen MR) is 96.2 cm³/mol. The number of para-hydroxylation sites is 1. The third kappa shape index (κ3) is 3.15. The second-order valence-corrected chi connectivity index (χ2v) is 6.34. The van der Waals surface area contributed by atoms with E-state index in [-0.39, 0.29) is 23.2 Å². The van der Waals surface area contributed by atoms with Crippen molar-refractivity contribution in [1.29, 1.82) is 0 Å². The molecule has 0 bridgehead atoms. The Bertz CT molecular complexity index is 950. The van der Waals surface area contributed by atoms with E-state index in [1.807, 2.05) is 35.1 Å². The van der Waals surface area contributed by atoms with Gasteiger partial charge in [0, 0.05) is 31.5 Å². The van der Waals surface area contributed by atoms with Crippen molar-refractivity contribution >= 4 is 5.91 Å². The molecule has 2 aromatic heterocycles. The molecule has 1 saturated heterocycles. The number of rotatable bonds is 3. The molecule has 1 atom stereocenters. The van der Waals surface area contributed by atoms with Gasteiger partial charge in [0.1, 0.15) is 5.69 Å². The van der Waals surface area contributed by atoms with Gasteiger partial charge in [0.05, 0.1) is 11.7 Å². The first kappa shape index (κ1) is 16.3. The number of piperidine rings is 1. The molecule has 0 spiro atoms. The standard InChI is InChI=1S/C19H19N5O2/c25-18-10-9-17(21-24(18)15-6-2-1-3-7-15)19(26)22-12-4-8-16(14-22)23-13-5-11-20-23/h1-3,5-7,9-11,13,16H,4,8,12,14H2/t16-/m1/s1. The molecule has 132 valence electrons. The van der Waals surface area contributed by atoms with Crippen LogP contribution in [0.15, 0.2) is 65.7 Å². The largest absolute Gasteiger partial charge is 0.335 e. The van der Waals surface area contributed by atoms with Gasteiger partial charge in [0.25, 0.3) is 11.5 Å². The Hall–Kier alpha value is -3.22. The average Bonchev–Trinajstić information content (AvgIpc) is 3.23. The van der Waals surface area contributed by atoms with E-state index in [9.17, 15) is 9.59 Å². The molecule has 1 amide bonds. The molecule has 3 heterocycles. The van der Waals surface area contributed by atoms with Crippen LogP contribution >= 0.6 is 0 Å². The van der Waals surface area contributed by atoms with Crippen LogP contribution < -0.4 is 5.56 Å². The number of benzene rings is 1. The Morgan fingerprint density at radius 2 is 1.92 bits per heavy atom. The van der Waals surface area contributed by atoms with Crippen LogP contribution in [-0.4, -0.2) is 43.5 Å². The van der Waals surface area contributed by atoms with Gasteiger partial charge in [-0.3, -0.25) is 14.3 Å². The van der Waals surface area contributed by atoms with Crippen LogP contribution in [0.1, 0.15) is 29.4 Å². The topological polar surface area (TPSA) is 73.0 Å². The van der Waals surface area contributed by atoms with Gasteiger partial charge >= 0.3 is 0 Å². The first-order valence-corrected chi connectivity index (χ1v) is 8.66. The summed E-state index contributed by atoms with van der Waals surface area (Å²) in [6.07, 6.45) is 5.57. The summed E-state index contributed by atoms with van der Waals surface area (Å²) >= 11 is 0. The maximum Gasteiger partial charge on any atom is 0.274 e. The Morgan fingerprint density at radius 1 is 1.08 bits per heavy atom. The normalized spacial score (nSPS) is 17.2. The maximum absolute atomic E-state index is 12.9. The van der Waals surface area contributed by atoms with Crippen LogP contribution in [0, 0.1) is 0 Å². The molecule has 0 saturated carbocycles. The number of nitrogens with zero attached hydrogens (tertiary/aromatic N) is 5. The zero-order valence-corrected chi connectivity index (χ0v) is 14.2. The van der Waals surface area contributed by atoms with Crippen molar-refractivity contribution in [2.24, 2.45) is 0 Å². The highest BCUT2D eigenvalue weighted by Crippen LogP contribution is 2.21. The summed E-state index contributed by atoms with van der Waals surface area (Å²) in [5, 5.41) is 8.59. The molecule has 3 aromatic rings. The molecule has 0 unspecified atom stereocenters. The zero-order chi connectivity index (χ0) is 17.9. The lowest BCUT2D eigenvalue weighted by molar-refractivity contribution is 0.0665. The van der Waals surface area contributed by atoms with Crippen molar-refractivity contribution < 1.29 is 4.79 Å². The summed E-state index contributed by atoms with van der Waals surface area (Å²) < 4.78 is 3.17. The van der Waals surface area contributed by atoms with Gasteiger partial charge < -0.3 is 4.90 Å². The fourth-order valence-electron chi connectivity index (χ4n) is 3.29. The first-order valence-electron chi connectivity index (χ1n) is 8.66. The van der Waals surface area contributed by atoms with E-state index in [0.29, 0.717) is 18.8 Å². The summed E-state index contributed by atoms with van der Waals surface area (Å²) in [5.41, 5.74) is 0.649. The highest BCUT2D eigenvalue weighted by Gasteiger charge is 2.26. The highest BCUT2D eigenvalue weighted by molar-refractivity contribution is 5.92. The van der Waals surface area contributed by atoms with Gasteiger partial charge in [-0.15, -0.1) is 0 Å². The lowest BCUT2D eigenvalue weighted by Crippen LogP contribution is -2.41. The molecule has 0 aliphatic carbocycles. The molecule has 7 heteroatoms. The van der Waals surface area contributed by atoms with E-state index < -0.39 is 0 Å². The third-order valence-electron chi connectivity index (χ3n) is 4.60. The quantitative estimate of drug-likeness (QED) is 0.724. The molecule has 1 fully saturated rings. The second kappa shape index (κ2) is 6.95. The van der Waals surface area contributed by atoms with Crippen molar-refractivity contribution in [1.82, 2.24) is 24.5 Å². The lowest BCUT2D eigenvalue weighted by atomic mass is 10.1. The van der Waals surface area contributed by atoms with E-state index in [1.54, 1.807) is 23.2 Å². The van der Waals surface area contributed by atoms with Gasteiger partial charge in [-0.25, -0.2) is 0 Å². The highest BCUT2D eigenvalue weighted by atomic mass is 16.2. The van der Waals surface area contributed by atoms with Crippen LogP contribution in [0.3, 0.4) is 0 Å². The fourth-order valence-corrected chi connectivity index (χ4v) is 3.29. The maximum atomic E-state index is 12.9. The molecular weight excluding hydrogens is 330 g/mol. The summed E-state index contributed by atoms with van der Waals surface area (Å²) in [4.78, 5) is 26.9. The van der Waals surface area contributed by atoms with E-state index in [2.05, 4.69) is 10.2 Å². The van der Waals surface area contributed by atoms with E-state index in [0.717, 1.165) is 12.8 Å². The van der Waals surface area contributed by atoms with Crippen LogP contribution in [0.2, 0.25) is 0 Å². The first-order chi connectivity index (χ1) is 12.7. The van der Waals surface area contributed by atoms with E-state index in [4.69, 9.17) is 0 Å². The van der Waals surface area contributed by atoms with E-state index in [1.165, 1.54) is 16.8 Å². The number of carbonyl (C=O) groups is 1. The van der Waals surface area contributed by atoms with Gasteiger partial charge in [0.2, 0.25) is 0 Å². The molecular formula is C19H19N5O2. The van der Waals surface area contributed by atoms with Crippen LogP contribution in [0.25, 0.3) is 5.69 Å². The molecule has 26 heavy (non-hydrogen) atoms. The zero-order valence-electron chi connectivity index (χ0n) is 14.2. The minimum Gasteiger partial charge on any atom is -0.335 e. The Balaban J connectivity index is 1.59. The molecule has 1 aliphatic heterocycles. The Labute approximate surface area is 150 Å². The van der Waals surface area contributed by atoms with Crippen molar-refractivity contribution in [3.05, 3.63) is 77.0 Å². The minimum absolute atomic E-state index is 0.161. The lowest BCUT2D eigenvalue weighted by Gasteiger charge is -2.32. The minimum atomic E-state index is -0.263. The number of likely N-dealkylation sites (tertiary alicyclic amines) is 1. The molecule has 4 rings (SSSR count). The van der Waals surface area contributed by atoms with Crippen LogP contribution in [0.4, 0.5) is 0 Å². The van der Waals surface area contributed by atoms with Crippen molar-refractivity contribution in [3.8, 4) is 5.69 Å². The number of hydrogen-bond donors (Lipinski definition) is 0. The Kier molecular flexibility index (Phi) is 4.35. The van der Waals surface area contributed by atoms with Crippen molar-refractivity contribution in [2.75, 3.05) is 13.1 Å². The molecule has 1 aliphatic rings. The fraction of sp³-hybridized carbons (Fsp3) is 0.263. The summed E-state index contributed by atoms with van der Waals surface area (Å²) in [6.45, 7) is 1.27.